The Morgan fingerprint density at radius 3 is 2.44 bits per heavy atom. The standard InChI is InChI=1S/C21H27N3O3/c1-4-13-23(21(26)22-5-2)16-20(25)24(14-18-9-7-6-8-10-18)15-19-12-11-17(3)27-19/h4,6-12H,1,5,13-16H2,2-3H3,(H,22,26). The van der Waals surface area contributed by atoms with Crippen LogP contribution in [0.15, 0.2) is 59.5 Å². The molecule has 0 radical (unpaired) electrons. The fourth-order valence-corrected chi connectivity index (χ4v) is 2.70. The summed E-state index contributed by atoms with van der Waals surface area (Å²) in [6.07, 6.45) is 1.61. The topological polar surface area (TPSA) is 65.8 Å². The van der Waals surface area contributed by atoms with E-state index in [0.717, 1.165) is 11.3 Å². The van der Waals surface area contributed by atoms with E-state index in [1.807, 2.05) is 56.3 Å². The Bertz CT molecular complexity index is 755. The molecule has 3 amide bonds. The molecule has 144 valence electrons. The molecule has 6 nitrogen and oxygen atoms in total. The largest absolute Gasteiger partial charge is 0.464 e. The summed E-state index contributed by atoms with van der Waals surface area (Å²) in [5.74, 6) is 1.36. The highest BCUT2D eigenvalue weighted by Gasteiger charge is 2.21. The van der Waals surface area contributed by atoms with Crippen molar-refractivity contribution >= 4 is 11.9 Å². The first-order valence-corrected chi connectivity index (χ1v) is 9.04. The number of benzene rings is 1. The zero-order valence-corrected chi connectivity index (χ0v) is 16.0. The number of carbonyl (C=O) groups excluding carboxylic acids is 2. The van der Waals surface area contributed by atoms with Gasteiger partial charge in [0.1, 0.15) is 18.1 Å². The van der Waals surface area contributed by atoms with E-state index in [9.17, 15) is 9.59 Å². The average Bonchev–Trinajstić information content (AvgIpc) is 3.06. The zero-order valence-electron chi connectivity index (χ0n) is 16.0. The van der Waals surface area contributed by atoms with E-state index in [4.69, 9.17) is 4.42 Å². The molecule has 0 fully saturated rings. The molecule has 0 bridgehead atoms. The molecular weight excluding hydrogens is 342 g/mol. The Labute approximate surface area is 160 Å². The normalized spacial score (nSPS) is 10.3. The average molecular weight is 369 g/mol. The van der Waals surface area contributed by atoms with Crippen LogP contribution in [-0.4, -0.2) is 41.4 Å². The van der Waals surface area contributed by atoms with Crippen molar-refractivity contribution in [3.63, 3.8) is 0 Å². The Morgan fingerprint density at radius 2 is 1.85 bits per heavy atom. The molecule has 0 saturated carbocycles. The molecule has 0 unspecified atom stereocenters. The molecule has 1 N–H and O–H groups in total. The molecule has 0 aliphatic carbocycles. The molecule has 2 rings (SSSR count). The maximum Gasteiger partial charge on any atom is 0.318 e. The van der Waals surface area contributed by atoms with E-state index in [1.165, 1.54) is 4.90 Å². The minimum absolute atomic E-state index is 0.0234. The van der Waals surface area contributed by atoms with Crippen LogP contribution < -0.4 is 5.32 Å². The Morgan fingerprint density at radius 1 is 1.11 bits per heavy atom. The van der Waals surface area contributed by atoms with E-state index in [0.29, 0.717) is 31.9 Å². The lowest BCUT2D eigenvalue weighted by Gasteiger charge is -2.26. The van der Waals surface area contributed by atoms with Gasteiger partial charge in [0.25, 0.3) is 0 Å². The van der Waals surface area contributed by atoms with E-state index in [2.05, 4.69) is 11.9 Å². The first kappa shape index (κ1) is 20.3. The van der Waals surface area contributed by atoms with Gasteiger partial charge in [-0.05, 0) is 31.5 Å². The highest BCUT2D eigenvalue weighted by Crippen LogP contribution is 2.13. The van der Waals surface area contributed by atoms with Gasteiger partial charge in [-0.3, -0.25) is 4.79 Å². The van der Waals surface area contributed by atoms with Crippen molar-refractivity contribution in [2.24, 2.45) is 0 Å². The Kier molecular flexibility index (Phi) is 7.67. The second-order valence-electron chi connectivity index (χ2n) is 6.25. The van der Waals surface area contributed by atoms with Crippen LogP contribution in [0, 0.1) is 6.92 Å². The van der Waals surface area contributed by atoms with Crippen LogP contribution in [0.3, 0.4) is 0 Å². The Balaban J connectivity index is 2.15. The zero-order chi connectivity index (χ0) is 19.6. The summed E-state index contributed by atoms with van der Waals surface area (Å²) in [7, 11) is 0. The molecule has 2 aromatic rings. The van der Waals surface area contributed by atoms with Crippen LogP contribution in [0.2, 0.25) is 0 Å². The predicted molar refractivity (Wildman–Crippen MR) is 105 cm³/mol. The number of hydrogen-bond acceptors (Lipinski definition) is 3. The number of nitrogens with zero attached hydrogens (tertiary/aromatic N) is 2. The molecule has 1 aromatic carbocycles. The van der Waals surface area contributed by atoms with Gasteiger partial charge in [0.05, 0.1) is 6.54 Å². The van der Waals surface area contributed by atoms with E-state index >= 15 is 0 Å². The maximum absolute atomic E-state index is 13.0. The number of aryl methyl sites for hydroxylation is 1. The van der Waals surface area contributed by atoms with Crippen molar-refractivity contribution in [1.29, 1.82) is 0 Å². The van der Waals surface area contributed by atoms with Gasteiger partial charge in [0.15, 0.2) is 0 Å². The number of amides is 3. The lowest BCUT2D eigenvalue weighted by atomic mass is 10.2. The fraction of sp³-hybridized carbons (Fsp3) is 0.333. The molecule has 6 heteroatoms. The smallest absolute Gasteiger partial charge is 0.318 e. The fourth-order valence-electron chi connectivity index (χ4n) is 2.70. The van der Waals surface area contributed by atoms with Gasteiger partial charge in [0, 0.05) is 19.6 Å². The number of urea groups is 1. The van der Waals surface area contributed by atoms with Crippen molar-refractivity contribution < 1.29 is 14.0 Å². The molecule has 0 aliphatic rings. The summed E-state index contributed by atoms with van der Waals surface area (Å²) < 4.78 is 5.64. The van der Waals surface area contributed by atoms with Gasteiger partial charge in [0.2, 0.25) is 5.91 Å². The van der Waals surface area contributed by atoms with Crippen LogP contribution in [-0.2, 0) is 17.9 Å². The molecule has 0 aliphatic heterocycles. The number of carbonyl (C=O) groups is 2. The van der Waals surface area contributed by atoms with Crippen molar-refractivity contribution in [3.8, 4) is 0 Å². The quantitative estimate of drug-likeness (QED) is 0.690. The summed E-state index contributed by atoms with van der Waals surface area (Å²) in [5, 5.41) is 2.73. The van der Waals surface area contributed by atoms with Gasteiger partial charge < -0.3 is 19.5 Å². The van der Waals surface area contributed by atoms with Crippen molar-refractivity contribution in [1.82, 2.24) is 15.1 Å². The minimum Gasteiger partial charge on any atom is -0.464 e. The number of rotatable bonds is 9. The molecule has 0 atom stereocenters. The summed E-state index contributed by atoms with van der Waals surface area (Å²) >= 11 is 0. The predicted octanol–water partition coefficient (Wildman–Crippen LogP) is 3.33. The third kappa shape index (κ3) is 6.33. The van der Waals surface area contributed by atoms with Gasteiger partial charge in [-0.25, -0.2) is 4.79 Å². The van der Waals surface area contributed by atoms with Crippen LogP contribution in [0.4, 0.5) is 4.79 Å². The molecule has 0 spiro atoms. The third-order valence-corrected chi connectivity index (χ3v) is 4.00. The van der Waals surface area contributed by atoms with Crippen LogP contribution in [0.1, 0.15) is 24.0 Å². The van der Waals surface area contributed by atoms with Crippen molar-refractivity contribution in [3.05, 3.63) is 72.2 Å². The van der Waals surface area contributed by atoms with Crippen LogP contribution >= 0.6 is 0 Å². The molecule has 1 aromatic heterocycles. The van der Waals surface area contributed by atoms with E-state index < -0.39 is 0 Å². The maximum atomic E-state index is 13.0. The van der Waals surface area contributed by atoms with Crippen LogP contribution in [0.25, 0.3) is 0 Å². The van der Waals surface area contributed by atoms with E-state index in [1.54, 1.807) is 11.0 Å². The van der Waals surface area contributed by atoms with Gasteiger partial charge in [-0.2, -0.15) is 0 Å². The van der Waals surface area contributed by atoms with Crippen molar-refractivity contribution in [2.75, 3.05) is 19.6 Å². The Hall–Kier alpha value is -3.02. The van der Waals surface area contributed by atoms with Gasteiger partial charge in [-0.1, -0.05) is 36.4 Å². The highest BCUT2D eigenvalue weighted by atomic mass is 16.3. The van der Waals surface area contributed by atoms with Gasteiger partial charge >= 0.3 is 6.03 Å². The highest BCUT2D eigenvalue weighted by molar-refractivity contribution is 5.84. The summed E-state index contributed by atoms with van der Waals surface area (Å²) in [5.41, 5.74) is 1.02. The molecule has 0 saturated heterocycles. The van der Waals surface area contributed by atoms with Crippen molar-refractivity contribution in [2.45, 2.75) is 26.9 Å². The molecular formula is C21H27N3O3. The van der Waals surface area contributed by atoms with E-state index in [-0.39, 0.29) is 18.5 Å². The lowest BCUT2D eigenvalue weighted by Crippen LogP contribution is -2.46. The second kappa shape index (κ2) is 10.2. The first-order chi connectivity index (χ1) is 13.0. The van der Waals surface area contributed by atoms with Crippen LogP contribution in [0.5, 0.6) is 0 Å². The number of furan rings is 1. The summed E-state index contributed by atoms with van der Waals surface area (Å²) in [6.45, 7) is 8.95. The molecule has 27 heavy (non-hydrogen) atoms. The third-order valence-electron chi connectivity index (χ3n) is 4.00. The lowest BCUT2D eigenvalue weighted by molar-refractivity contribution is -0.133. The first-order valence-electron chi connectivity index (χ1n) is 9.04. The minimum atomic E-state index is -0.278. The second-order valence-corrected chi connectivity index (χ2v) is 6.25. The summed E-state index contributed by atoms with van der Waals surface area (Å²) in [6, 6.07) is 13.2. The summed E-state index contributed by atoms with van der Waals surface area (Å²) in [4.78, 5) is 28.3. The number of hydrogen-bond donors (Lipinski definition) is 1. The number of nitrogens with one attached hydrogen (secondary N) is 1. The SMILES string of the molecule is C=CCN(CC(=O)N(Cc1ccccc1)Cc1ccc(C)o1)C(=O)NCC. The van der Waals surface area contributed by atoms with Gasteiger partial charge in [-0.15, -0.1) is 6.58 Å². The molecule has 1 heterocycles. The monoisotopic (exact) mass is 369 g/mol.